The molecule has 3 fully saturated rings. The lowest BCUT2D eigenvalue weighted by atomic mass is 9.96. The van der Waals surface area contributed by atoms with Gasteiger partial charge in [-0.2, -0.15) is 0 Å². The van der Waals surface area contributed by atoms with Crippen molar-refractivity contribution >= 4 is 101 Å². The number of rotatable bonds is 60. The molecule has 0 spiro atoms. The third kappa shape index (κ3) is 45.9. The summed E-state index contributed by atoms with van der Waals surface area (Å²) in [6.07, 6.45) is -8.12. The molecule has 0 aromatic rings. The molecule has 3 rings (SSSR count). The minimum atomic E-state index is -1.48. The van der Waals surface area contributed by atoms with Crippen molar-refractivity contribution in [3.05, 3.63) is 0 Å². The summed E-state index contributed by atoms with van der Waals surface area (Å²) in [5.74, 6) is -9.96. The van der Waals surface area contributed by atoms with Gasteiger partial charge in [-0.05, 0) is 44.9 Å². The van der Waals surface area contributed by atoms with Crippen molar-refractivity contribution in [1.29, 1.82) is 0 Å². The van der Waals surface area contributed by atoms with Crippen molar-refractivity contribution < 1.29 is 167 Å². The molecule has 3 aliphatic heterocycles. The fourth-order valence-corrected chi connectivity index (χ4v) is 13.2. The molecule has 0 aliphatic carbocycles. The van der Waals surface area contributed by atoms with E-state index < -0.39 is 195 Å². The van der Waals surface area contributed by atoms with E-state index in [2.05, 4.69) is 37.2 Å². The van der Waals surface area contributed by atoms with E-state index in [4.69, 9.17) is 85.3 Å². The molecule has 123 heavy (non-hydrogen) atoms. The molecule has 15 atom stereocenters. The first-order valence-corrected chi connectivity index (χ1v) is 41.7. The predicted octanol–water partition coefficient (Wildman–Crippen LogP) is 1.50. The summed E-state index contributed by atoms with van der Waals surface area (Å²) in [5, 5.41) is 19.5. The Morgan fingerprint density at radius 2 is 0.569 bits per heavy atom. The van der Waals surface area contributed by atoms with Crippen LogP contribution in [0.15, 0.2) is 0 Å². The van der Waals surface area contributed by atoms with Crippen molar-refractivity contribution in [1.82, 2.24) is 37.2 Å². The van der Waals surface area contributed by atoms with Crippen LogP contribution in [0.25, 0.3) is 0 Å². The number of ether oxygens (including phenoxy) is 18. The van der Waals surface area contributed by atoms with E-state index in [1.807, 2.05) is 0 Å². The molecule has 42 nitrogen and oxygen atoms in total. The Labute approximate surface area is 717 Å². The van der Waals surface area contributed by atoms with Crippen molar-refractivity contribution in [2.24, 2.45) is 5.92 Å². The maximum absolute atomic E-state index is 13.9. The van der Waals surface area contributed by atoms with Gasteiger partial charge in [-0.3, -0.25) is 81.5 Å². The predicted molar refractivity (Wildman–Crippen MR) is 425 cm³/mol. The Morgan fingerprint density at radius 1 is 0.301 bits per heavy atom. The molecule has 7 N–H and O–H groups in total. The van der Waals surface area contributed by atoms with Crippen LogP contribution in [-0.4, -0.2) is 297 Å². The quantitative estimate of drug-likeness (QED) is 0.0258. The highest BCUT2D eigenvalue weighted by molar-refractivity contribution is 5.82. The van der Waals surface area contributed by atoms with Crippen molar-refractivity contribution in [2.45, 2.75) is 310 Å². The van der Waals surface area contributed by atoms with E-state index in [0.29, 0.717) is 77.0 Å². The lowest BCUT2D eigenvalue weighted by molar-refractivity contribution is -0.277. The number of ketones is 1. The highest BCUT2D eigenvalue weighted by Gasteiger charge is 2.54. The van der Waals surface area contributed by atoms with Crippen molar-refractivity contribution in [2.75, 3.05) is 98.9 Å². The van der Waals surface area contributed by atoms with Crippen molar-refractivity contribution in [3.8, 4) is 0 Å². The second-order valence-electron chi connectivity index (χ2n) is 30.3. The normalized spacial score (nSPS) is 22.3. The Kier molecular flexibility index (Phi) is 52.4. The highest BCUT2D eigenvalue weighted by Crippen LogP contribution is 2.32. The maximum atomic E-state index is 13.9. The van der Waals surface area contributed by atoms with Crippen LogP contribution in [-0.2, 0) is 167 Å². The Morgan fingerprint density at radius 3 is 0.821 bits per heavy atom. The number of unbranched alkanes of at least 4 members (excludes halogenated alkanes) is 9. The van der Waals surface area contributed by atoms with Gasteiger partial charge in [0.25, 0.3) is 0 Å². The van der Waals surface area contributed by atoms with E-state index in [-0.39, 0.29) is 147 Å². The summed E-state index contributed by atoms with van der Waals surface area (Å²) < 4.78 is 103. The molecule has 42 heteroatoms. The van der Waals surface area contributed by atoms with Gasteiger partial charge in [0.05, 0.1) is 39.6 Å². The molecule has 0 radical (unpaired) electrons. The van der Waals surface area contributed by atoms with E-state index in [1.54, 1.807) is 13.8 Å². The molecule has 0 unspecified atom stereocenters. The van der Waals surface area contributed by atoms with E-state index in [9.17, 15) is 81.5 Å². The number of carbonyl (C=O) groups excluding carboxylic acids is 17. The SMILES string of the molecule is CC(=O)N[C@H]1[C@H](OCCCCCCNC(=O)CCOCC(COCCC(=O)NCCCCCCO[C@@H]2O[C@H](COC(C)=O)[C@H](OC(C)=O)[C@H](OC(C)=O)[C@H]2NC(C)=O)(COCCC(=O)NCCCCCCO[C@@H]2O[C@H](COC(C)=O)[C@H](OC(C)=O)[C@H](OC(C)=O)[C@H]2NC(C)=O)NC(=O)CCCC(=O)C(C)C)O[C@H](COC(C)=O)[C@H](OC(C)=O)[C@@H]1OC(C)=O. The zero-order chi connectivity index (χ0) is 91.6. The summed E-state index contributed by atoms with van der Waals surface area (Å²) in [4.78, 5) is 212. The molecule has 3 aliphatic rings. The first-order chi connectivity index (χ1) is 58.3. The number of hydrogen-bond acceptors (Lipinski definition) is 35. The van der Waals surface area contributed by atoms with Crippen LogP contribution in [0.5, 0.6) is 0 Å². The van der Waals surface area contributed by atoms with Crippen LogP contribution in [0.3, 0.4) is 0 Å². The van der Waals surface area contributed by atoms with Crippen LogP contribution >= 0.6 is 0 Å². The molecule has 3 heterocycles. The number of esters is 9. The molecular weight excluding hydrogens is 1630 g/mol. The lowest BCUT2D eigenvalue weighted by Crippen LogP contribution is -2.66. The summed E-state index contributed by atoms with van der Waals surface area (Å²) in [6, 6.07) is -3.40. The summed E-state index contributed by atoms with van der Waals surface area (Å²) >= 11 is 0. The largest absolute Gasteiger partial charge is 0.463 e. The summed E-state index contributed by atoms with van der Waals surface area (Å²) in [6.45, 7) is 16.1. The molecule has 0 aromatic carbocycles. The van der Waals surface area contributed by atoms with Crippen LogP contribution in [0.4, 0.5) is 0 Å². The average molecular weight is 1760 g/mol. The fraction of sp³-hybridized carbons (Fsp3) is 0.790. The molecule has 700 valence electrons. The lowest BCUT2D eigenvalue weighted by Gasteiger charge is -2.44. The zero-order valence-corrected chi connectivity index (χ0v) is 73.4. The van der Waals surface area contributed by atoms with E-state index in [1.165, 1.54) is 41.5 Å². The van der Waals surface area contributed by atoms with Gasteiger partial charge in [0, 0.05) is 161 Å². The topological polar surface area (TPSA) is 541 Å². The fourth-order valence-electron chi connectivity index (χ4n) is 13.2. The minimum Gasteiger partial charge on any atom is -0.463 e. The van der Waals surface area contributed by atoms with Gasteiger partial charge < -0.3 is 122 Å². The van der Waals surface area contributed by atoms with Gasteiger partial charge in [0.1, 0.15) is 67.6 Å². The minimum absolute atomic E-state index is 0.0439. The van der Waals surface area contributed by atoms with Crippen LogP contribution in [0.1, 0.15) is 213 Å². The molecule has 0 aromatic heterocycles. The van der Waals surface area contributed by atoms with Crippen LogP contribution < -0.4 is 37.2 Å². The highest BCUT2D eigenvalue weighted by atomic mass is 16.7. The number of nitrogens with one attached hydrogen (secondary N) is 7. The first kappa shape index (κ1) is 108. The van der Waals surface area contributed by atoms with Gasteiger partial charge >= 0.3 is 53.7 Å². The summed E-state index contributed by atoms with van der Waals surface area (Å²) in [5.41, 5.74) is -1.48. The van der Waals surface area contributed by atoms with Gasteiger partial charge in [-0.1, -0.05) is 52.4 Å². The second-order valence-corrected chi connectivity index (χ2v) is 30.3. The molecule has 0 bridgehead atoms. The van der Waals surface area contributed by atoms with E-state index in [0.717, 1.165) is 41.5 Å². The Hall–Kier alpha value is -9.17. The molecular formula is C81H131N7O35. The third-order valence-electron chi connectivity index (χ3n) is 18.7. The van der Waals surface area contributed by atoms with Gasteiger partial charge in [-0.15, -0.1) is 0 Å². The Balaban J connectivity index is 1.68. The van der Waals surface area contributed by atoms with Crippen LogP contribution in [0, 0.1) is 5.92 Å². The van der Waals surface area contributed by atoms with Gasteiger partial charge in [0.2, 0.25) is 41.4 Å². The average Bonchev–Trinajstić information content (AvgIpc) is 0.796. The third-order valence-corrected chi connectivity index (χ3v) is 18.7. The number of Topliss-reactive ketones (excluding diaryl/α,β-unsaturated/α-hetero) is 1. The van der Waals surface area contributed by atoms with Crippen LogP contribution in [0.2, 0.25) is 0 Å². The molecule has 0 saturated carbocycles. The Bertz CT molecular complexity index is 3080. The number of carbonyl (C=O) groups is 17. The second kappa shape index (κ2) is 59.6. The molecule has 3 saturated heterocycles. The summed E-state index contributed by atoms with van der Waals surface area (Å²) in [7, 11) is 0. The van der Waals surface area contributed by atoms with Gasteiger partial charge in [-0.25, -0.2) is 0 Å². The molecule has 7 amide bonds. The van der Waals surface area contributed by atoms with Gasteiger partial charge in [0.15, 0.2) is 55.5 Å². The zero-order valence-electron chi connectivity index (χ0n) is 73.4. The maximum Gasteiger partial charge on any atom is 0.303 e. The van der Waals surface area contributed by atoms with Crippen molar-refractivity contribution in [3.63, 3.8) is 0 Å². The standard InChI is InChI=1S/C81H131N7O35/c1-48(2)61(101)28-27-29-68(105)88-81(45-106-39-30-65(102)82-33-21-15-18-24-36-109-78-69(85-49(3)89)75(118-58(12)98)72(115-55(9)95)62(121-78)42-112-52(6)92,46-107-40-31-66(103)83-34-22-16-19-25-37-110-79-70(86-50(4)90)76(119-59(13)99)73(116-56(10)96)63(122-79)43-113-53(7)93)47-108-41-32-67(104)84-35-23-17-20-26-38-111-80-71(87-51(5)91)77(120-60(14)100)74(117-57(11)97)64(123-80)44-114-54(8)94/h48,62-64,69-80H,15-47H2,1-14H3,(H,82,102)(H,83,103)(H,84,104)(H,85,89)(H,86,90)(H,87,91)(H,88,105)/t62-,63-,64-,69-,70-,71-,72+,73+,74+,75-,76-,77-,78-,79-,80-/m1/s1. The van der Waals surface area contributed by atoms with E-state index >= 15 is 0 Å². The first-order valence-electron chi connectivity index (χ1n) is 41.7. The number of hydrogen-bond donors (Lipinski definition) is 7. The monoisotopic (exact) mass is 1760 g/mol. The number of amides is 7. The smallest absolute Gasteiger partial charge is 0.303 e.